The number of aromatic hydroxyl groups is 1. The lowest BCUT2D eigenvalue weighted by molar-refractivity contribution is 0.417. The van der Waals surface area contributed by atoms with Gasteiger partial charge in [-0.25, -0.2) is 0 Å². The van der Waals surface area contributed by atoms with Crippen LogP contribution in [-0.4, -0.2) is 17.2 Å². The van der Waals surface area contributed by atoms with E-state index in [2.05, 4.69) is 4.98 Å². The van der Waals surface area contributed by atoms with Crippen molar-refractivity contribution in [2.75, 3.05) is 7.11 Å². The van der Waals surface area contributed by atoms with Gasteiger partial charge in [0.25, 0.3) is 0 Å². The number of aryl methyl sites for hydroxylation is 2. The fraction of sp³-hybridized carbons (Fsp3) is 0.273. The summed E-state index contributed by atoms with van der Waals surface area (Å²) in [6.07, 6.45) is 0. The zero-order valence-corrected chi connectivity index (χ0v) is 8.51. The third-order valence-electron chi connectivity index (χ3n) is 2.62. The highest BCUT2D eigenvalue weighted by molar-refractivity contribution is 5.94. The number of aromatic nitrogens is 1. The second kappa shape index (κ2) is 2.94. The van der Waals surface area contributed by atoms with Crippen LogP contribution >= 0.6 is 0 Å². The van der Waals surface area contributed by atoms with Crippen LogP contribution in [0.15, 0.2) is 12.1 Å². The summed E-state index contributed by atoms with van der Waals surface area (Å²) in [4.78, 5) is 3.20. The van der Waals surface area contributed by atoms with E-state index in [0.29, 0.717) is 5.75 Å². The van der Waals surface area contributed by atoms with Crippen LogP contribution in [0.5, 0.6) is 11.5 Å². The zero-order valence-electron chi connectivity index (χ0n) is 8.51. The van der Waals surface area contributed by atoms with Crippen molar-refractivity contribution in [1.29, 1.82) is 0 Å². The van der Waals surface area contributed by atoms with E-state index in [-0.39, 0.29) is 0 Å². The van der Waals surface area contributed by atoms with Gasteiger partial charge in [-0.15, -0.1) is 0 Å². The topological polar surface area (TPSA) is 45.2 Å². The average molecular weight is 191 g/mol. The van der Waals surface area contributed by atoms with E-state index < -0.39 is 0 Å². The molecule has 0 aliphatic heterocycles. The Bertz CT molecular complexity index is 485. The maximum atomic E-state index is 9.71. The van der Waals surface area contributed by atoms with Gasteiger partial charge < -0.3 is 14.8 Å². The van der Waals surface area contributed by atoms with E-state index in [9.17, 15) is 5.11 Å². The van der Waals surface area contributed by atoms with Crippen molar-refractivity contribution in [1.82, 2.24) is 4.98 Å². The number of fused-ring (bicyclic) bond motifs is 1. The fourth-order valence-corrected chi connectivity index (χ4v) is 1.72. The number of hydrogen-bond donors (Lipinski definition) is 2. The highest BCUT2D eigenvalue weighted by Gasteiger charge is 2.12. The van der Waals surface area contributed by atoms with Crippen LogP contribution in [0.4, 0.5) is 0 Å². The van der Waals surface area contributed by atoms with Crippen molar-refractivity contribution in [3.8, 4) is 11.5 Å². The molecule has 0 radical (unpaired) electrons. The number of phenolic OH excluding ortho intramolecular Hbond substituents is 1. The van der Waals surface area contributed by atoms with Gasteiger partial charge in [0.15, 0.2) is 0 Å². The molecule has 0 fully saturated rings. The molecule has 2 rings (SSSR count). The quantitative estimate of drug-likeness (QED) is 0.727. The van der Waals surface area contributed by atoms with E-state index >= 15 is 0 Å². The molecule has 0 aliphatic carbocycles. The summed E-state index contributed by atoms with van der Waals surface area (Å²) in [5.74, 6) is 1.05. The molecule has 74 valence electrons. The summed E-state index contributed by atoms with van der Waals surface area (Å²) < 4.78 is 5.21. The molecule has 0 bridgehead atoms. The number of phenols is 1. The van der Waals surface area contributed by atoms with Gasteiger partial charge in [-0.05, 0) is 31.5 Å². The van der Waals surface area contributed by atoms with Gasteiger partial charge in [0.05, 0.1) is 12.6 Å². The first-order chi connectivity index (χ1) is 6.65. The molecular formula is C11H13NO2. The van der Waals surface area contributed by atoms with E-state index in [0.717, 1.165) is 27.9 Å². The first-order valence-corrected chi connectivity index (χ1v) is 4.50. The molecule has 0 atom stereocenters. The maximum Gasteiger partial charge on any atom is 0.143 e. The predicted octanol–water partition coefficient (Wildman–Crippen LogP) is 2.50. The molecule has 2 aromatic rings. The number of aromatic amines is 1. The smallest absolute Gasteiger partial charge is 0.143 e. The lowest BCUT2D eigenvalue weighted by Crippen LogP contribution is -1.84. The molecular weight excluding hydrogens is 178 g/mol. The van der Waals surface area contributed by atoms with Gasteiger partial charge in [-0.1, -0.05) is 0 Å². The highest BCUT2D eigenvalue weighted by atomic mass is 16.5. The Balaban J connectivity index is 2.91. The van der Waals surface area contributed by atoms with Crippen molar-refractivity contribution in [2.24, 2.45) is 0 Å². The number of rotatable bonds is 1. The largest absolute Gasteiger partial charge is 0.507 e. The Morgan fingerprint density at radius 2 is 2.00 bits per heavy atom. The van der Waals surface area contributed by atoms with Crippen molar-refractivity contribution in [3.05, 3.63) is 23.4 Å². The average Bonchev–Trinajstić information content (AvgIpc) is 2.45. The fourth-order valence-electron chi connectivity index (χ4n) is 1.72. The van der Waals surface area contributed by atoms with Crippen LogP contribution in [0.1, 0.15) is 11.3 Å². The summed E-state index contributed by atoms with van der Waals surface area (Å²) >= 11 is 0. The number of hydrogen-bond acceptors (Lipinski definition) is 2. The minimum Gasteiger partial charge on any atom is -0.507 e. The van der Waals surface area contributed by atoms with Gasteiger partial charge in [-0.3, -0.25) is 0 Å². The maximum absolute atomic E-state index is 9.71. The Morgan fingerprint density at radius 1 is 1.29 bits per heavy atom. The predicted molar refractivity (Wildman–Crippen MR) is 56.0 cm³/mol. The molecule has 2 N–H and O–H groups in total. The van der Waals surface area contributed by atoms with Crippen LogP contribution < -0.4 is 4.74 Å². The van der Waals surface area contributed by atoms with Crippen molar-refractivity contribution in [2.45, 2.75) is 13.8 Å². The Kier molecular flexibility index (Phi) is 1.88. The number of ether oxygens (including phenoxy) is 1. The number of nitrogens with one attached hydrogen (secondary N) is 1. The third kappa shape index (κ3) is 1.05. The summed E-state index contributed by atoms with van der Waals surface area (Å²) in [7, 11) is 1.62. The number of benzene rings is 1. The molecule has 1 aromatic heterocycles. The molecule has 1 aromatic carbocycles. The van der Waals surface area contributed by atoms with Crippen molar-refractivity contribution >= 4 is 10.9 Å². The summed E-state index contributed by atoms with van der Waals surface area (Å²) in [6, 6.07) is 3.41. The molecule has 3 heteroatoms. The lowest BCUT2D eigenvalue weighted by atomic mass is 10.1. The summed E-state index contributed by atoms with van der Waals surface area (Å²) in [5.41, 5.74) is 2.98. The minimum atomic E-state index is 0.294. The molecule has 1 heterocycles. The van der Waals surface area contributed by atoms with Gasteiger partial charge in [0.1, 0.15) is 11.5 Å². The van der Waals surface area contributed by atoms with Crippen LogP contribution in [0.3, 0.4) is 0 Å². The van der Waals surface area contributed by atoms with Crippen LogP contribution in [-0.2, 0) is 0 Å². The van der Waals surface area contributed by atoms with Gasteiger partial charge in [0, 0.05) is 11.1 Å². The van der Waals surface area contributed by atoms with Crippen molar-refractivity contribution in [3.63, 3.8) is 0 Å². The second-order valence-corrected chi connectivity index (χ2v) is 3.41. The van der Waals surface area contributed by atoms with E-state index in [4.69, 9.17) is 4.74 Å². The second-order valence-electron chi connectivity index (χ2n) is 3.41. The molecule has 0 unspecified atom stereocenters. The zero-order chi connectivity index (χ0) is 10.3. The SMILES string of the molecule is COc1ccc(O)c2c(C)c(C)[nH]c12. The molecule has 0 amide bonds. The Labute approximate surface area is 82.3 Å². The monoisotopic (exact) mass is 191 g/mol. The normalized spacial score (nSPS) is 10.8. The van der Waals surface area contributed by atoms with Gasteiger partial charge >= 0.3 is 0 Å². The van der Waals surface area contributed by atoms with E-state index in [1.165, 1.54) is 0 Å². The Morgan fingerprint density at radius 3 is 2.64 bits per heavy atom. The molecule has 0 saturated carbocycles. The number of H-pyrrole nitrogens is 1. The number of methoxy groups -OCH3 is 1. The van der Waals surface area contributed by atoms with Gasteiger partial charge in [0.2, 0.25) is 0 Å². The molecule has 0 aliphatic rings. The highest BCUT2D eigenvalue weighted by Crippen LogP contribution is 2.35. The minimum absolute atomic E-state index is 0.294. The third-order valence-corrected chi connectivity index (χ3v) is 2.62. The van der Waals surface area contributed by atoms with Crippen LogP contribution in [0.25, 0.3) is 10.9 Å². The van der Waals surface area contributed by atoms with Gasteiger partial charge in [-0.2, -0.15) is 0 Å². The van der Waals surface area contributed by atoms with Crippen molar-refractivity contribution < 1.29 is 9.84 Å². The summed E-state index contributed by atoms with van der Waals surface area (Å²) in [6.45, 7) is 3.96. The first-order valence-electron chi connectivity index (χ1n) is 4.50. The lowest BCUT2D eigenvalue weighted by Gasteiger charge is -2.02. The van der Waals surface area contributed by atoms with Crippen LogP contribution in [0, 0.1) is 13.8 Å². The summed E-state index contributed by atoms with van der Waals surface area (Å²) in [5, 5.41) is 10.6. The first kappa shape index (κ1) is 8.94. The van der Waals surface area contributed by atoms with E-state index in [1.807, 2.05) is 13.8 Å². The molecule has 0 saturated heterocycles. The van der Waals surface area contributed by atoms with E-state index in [1.54, 1.807) is 19.2 Å². The molecule has 14 heavy (non-hydrogen) atoms. The molecule has 3 nitrogen and oxygen atoms in total. The Hall–Kier alpha value is -1.64. The standard InChI is InChI=1S/C11H13NO2/c1-6-7(2)12-11-9(14-3)5-4-8(13)10(6)11/h4-5,12-13H,1-3H3. The molecule has 0 spiro atoms. The van der Waals surface area contributed by atoms with Crippen LogP contribution in [0.2, 0.25) is 0 Å².